The summed E-state index contributed by atoms with van der Waals surface area (Å²) in [6.45, 7) is 1.64. The molecule has 0 amide bonds. The monoisotopic (exact) mass is 187 g/mol. The summed E-state index contributed by atoms with van der Waals surface area (Å²) in [7, 11) is 0. The SMILES string of the molecule is CCc1cc([N+](=O)[O-])c(F)cc1F. The van der Waals surface area contributed by atoms with E-state index in [4.69, 9.17) is 0 Å². The van der Waals surface area contributed by atoms with E-state index < -0.39 is 22.2 Å². The zero-order chi connectivity index (χ0) is 10.0. The number of hydrogen-bond acceptors (Lipinski definition) is 2. The maximum atomic E-state index is 12.8. The molecule has 0 unspecified atom stereocenters. The summed E-state index contributed by atoms with van der Waals surface area (Å²) in [4.78, 5) is 9.38. The van der Waals surface area contributed by atoms with Gasteiger partial charge in [-0.25, -0.2) is 4.39 Å². The lowest BCUT2D eigenvalue weighted by atomic mass is 10.1. The van der Waals surface area contributed by atoms with E-state index in [0.29, 0.717) is 12.5 Å². The molecular formula is C8H7F2NO2. The summed E-state index contributed by atoms with van der Waals surface area (Å²) < 4.78 is 25.6. The fourth-order valence-electron chi connectivity index (χ4n) is 0.992. The van der Waals surface area contributed by atoms with Crippen LogP contribution in [0.2, 0.25) is 0 Å². The van der Waals surface area contributed by atoms with Crippen LogP contribution in [-0.4, -0.2) is 4.92 Å². The van der Waals surface area contributed by atoms with Crippen LogP contribution in [0.15, 0.2) is 12.1 Å². The smallest absolute Gasteiger partial charge is 0.258 e. The van der Waals surface area contributed by atoms with Crippen molar-refractivity contribution in [2.24, 2.45) is 0 Å². The molecule has 0 saturated heterocycles. The van der Waals surface area contributed by atoms with Crippen molar-refractivity contribution in [2.75, 3.05) is 0 Å². The molecule has 0 heterocycles. The van der Waals surface area contributed by atoms with E-state index in [0.717, 1.165) is 6.07 Å². The van der Waals surface area contributed by atoms with Crippen LogP contribution in [0, 0.1) is 21.7 Å². The van der Waals surface area contributed by atoms with Gasteiger partial charge in [0.15, 0.2) is 0 Å². The molecule has 5 heteroatoms. The number of aryl methyl sites for hydroxylation is 1. The van der Waals surface area contributed by atoms with E-state index >= 15 is 0 Å². The molecule has 0 aliphatic rings. The summed E-state index contributed by atoms with van der Waals surface area (Å²) in [5.74, 6) is -1.88. The maximum absolute atomic E-state index is 12.8. The quantitative estimate of drug-likeness (QED) is 0.527. The number of nitrogens with zero attached hydrogens (tertiary/aromatic N) is 1. The Hall–Kier alpha value is -1.52. The van der Waals surface area contributed by atoms with Gasteiger partial charge in [-0.1, -0.05) is 6.92 Å². The zero-order valence-corrected chi connectivity index (χ0v) is 6.88. The van der Waals surface area contributed by atoms with Crippen LogP contribution < -0.4 is 0 Å². The lowest BCUT2D eigenvalue weighted by Gasteiger charge is -1.99. The molecule has 0 saturated carbocycles. The highest BCUT2D eigenvalue weighted by Crippen LogP contribution is 2.21. The summed E-state index contributed by atoms with van der Waals surface area (Å²) in [5.41, 5.74) is -0.536. The highest BCUT2D eigenvalue weighted by Gasteiger charge is 2.17. The molecule has 0 aliphatic carbocycles. The van der Waals surface area contributed by atoms with E-state index in [-0.39, 0.29) is 5.56 Å². The van der Waals surface area contributed by atoms with Crippen LogP contribution in [0.3, 0.4) is 0 Å². The Morgan fingerprint density at radius 3 is 2.46 bits per heavy atom. The van der Waals surface area contributed by atoms with Gasteiger partial charge in [-0.05, 0) is 12.0 Å². The fourth-order valence-corrected chi connectivity index (χ4v) is 0.992. The first-order valence-corrected chi connectivity index (χ1v) is 3.68. The van der Waals surface area contributed by atoms with Gasteiger partial charge in [-0.2, -0.15) is 4.39 Å². The lowest BCUT2D eigenvalue weighted by Crippen LogP contribution is -1.97. The highest BCUT2D eigenvalue weighted by molar-refractivity contribution is 5.37. The van der Waals surface area contributed by atoms with Crippen LogP contribution in [-0.2, 0) is 6.42 Å². The van der Waals surface area contributed by atoms with Gasteiger partial charge in [0.25, 0.3) is 0 Å². The molecule has 13 heavy (non-hydrogen) atoms. The first-order valence-electron chi connectivity index (χ1n) is 3.68. The fraction of sp³-hybridized carbons (Fsp3) is 0.250. The van der Waals surface area contributed by atoms with E-state index in [2.05, 4.69) is 0 Å². The van der Waals surface area contributed by atoms with E-state index in [1.807, 2.05) is 0 Å². The van der Waals surface area contributed by atoms with Crippen LogP contribution in [0.4, 0.5) is 14.5 Å². The van der Waals surface area contributed by atoms with Gasteiger partial charge in [0.05, 0.1) is 4.92 Å². The van der Waals surface area contributed by atoms with Crippen molar-refractivity contribution in [3.63, 3.8) is 0 Å². The number of nitro benzene ring substituents is 1. The van der Waals surface area contributed by atoms with Gasteiger partial charge in [-0.15, -0.1) is 0 Å². The molecule has 1 aromatic rings. The summed E-state index contributed by atoms with van der Waals surface area (Å²) in [5, 5.41) is 10.2. The number of rotatable bonds is 2. The zero-order valence-electron chi connectivity index (χ0n) is 6.88. The molecule has 0 atom stereocenters. The van der Waals surface area contributed by atoms with Gasteiger partial charge < -0.3 is 0 Å². The highest BCUT2D eigenvalue weighted by atomic mass is 19.1. The van der Waals surface area contributed by atoms with Crippen molar-refractivity contribution in [1.82, 2.24) is 0 Å². The predicted octanol–water partition coefficient (Wildman–Crippen LogP) is 2.44. The Balaban J connectivity index is 3.30. The predicted molar refractivity (Wildman–Crippen MR) is 42.4 cm³/mol. The van der Waals surface area contributed by atoms with Gasteiger partial charge in [0.1, 0.15) is 5.82 Å². The molecule has 0 bridgehead atoms. The third-order valence-corrected chi connectivity index (χ3v) is 1.69. The van der Waals surface area contributed by atoms with E-state index in [9.17, 15) is 18.9 Å². The molecular weight excluding hydrogens is 180 g/mol. The number of halogens is 2. The second-order valence-electron chi connectivity index (χ2n) is 2.51. The van der Waals surface area contributed by atoms with Crippen molar-refractivity contribution in [2.45, 2.75) is 13.3 Å². The molecule has 0 fully saturated rings. The second-order valence-corrected chi connectivity index (χ2v) is 2.51. The molecule has 70 valence electrons. The summed E-state index contributed by atoms with van der Waals surface area (Å²) in [6.07, 6.45) is 0.299. The minimum Gasteiger partial charge on any atom is -0.258 e. The lowest BCUT2D eigenvalue weighted by molar-refractivity contribution is -0.387. The van der Waals surface area contributed by atoms with Crippen LogP contribution in [0.1, 0.15) is 12.5 Å². The van der Waals surface area contributed by atoms with Crippen molar-refractivity contribution >= 4 is 5.69 Å². The van der Waals surface area contributed by atoms with Gasteiger partial charge in [0, 0.05) is 12.1 Å². The van der Waals surface area contributed by atoms with E-state index in [1.54, 1.807) is 6.92 Å². The minimum atomic E-state index is -1.14. The standard InChI is InChI=1S/C8H7F2NO2/c1-2-5-3-8(11(12)13)7(10)4-6(5)9/h3-4H,2H2,1H3. The average molecular weight is 187 g/mol. The number of nitro groups is 1. The molecule has 0 aromatic heterocycles. The largest absolute Gasteiger partial charge is 0.305 e. The van der Waals surface area contributed by atoms with Gasteiger partial charge >= 0.3 is 5.69 Å². The maximum Gasteiger partial charge on any atom is 0.305 e. The average Bonchev–Trinajstić information content (AvgIpc) is 2.03. The Morgan fingerprint density at radius 2 is 2.00 bits per heavy atom. The Morgan fingerprint density at radius 1 is 1.38 bits per heavy atom. The normalized spacial score (nSPS) is 10.1. The first-order chi connectivity index (χ1) is 6.06. The van der Waals surface area contributed by atoms with Crippen molar-refractivity contribution in [3.8, 4) is 0 Å². The second kappa shape index (κ2) is 3.47. The third kappa shape index (κ3) is 1.80. The van der Waals surface area contributed by atoms with Crippen LogP contribution in [0.5, 0.6) is 0 Å². The molecule has 3 nitrogen and oxygen atoms in total. The summed E-state index contributed by atoms with van der Waals surface area (Å²) in [6, 6.07) is 1.46. The Bertz CT molecular complexity index is 352. The number of benzene rings is 1. The molecule has 0 N–H and O–H groups in total. The molecule has 0 aliphatic heterocycles. The van der Waals surface area contributed by atoms with Crippen LogP contribution >= 0.6 is 0 Å². The minimum absolute atomic E-state index is 0.146. The van der Waals surface area contributed by atoms with Crippen molar-refractivity contribution in [1.29, 1.82) is 0 Å². The van der Waals surface area contributed by atoms with Crippen LogP contribution in [0.25, 0.3) is 0 Å². The first kappa shape index (κ1) is 9.57. The summed E-state index contributed by atoms with van der Waals surface area (Å²) >= 11 is 0. The molecule has 1 rings (SSSR count). The van der Waals surface area contributed by atoms with E-state index in [1.165, 1.54) is 0 Å². The number of hydrogen-bond donors (Lipinski definition) is 0. The van der Waals surface area contributed by atoms with Crippen molar-refractivity contribution in [3.05, 3.63) is 39.4 Å². The Labute approximate surface area is 73.1 Å². The van der Waals surface area contributed by atoms with Gasteiger partial charge in [0.2, 0.25) is 5.82 Å². The molecule has 0 spiro atoms. The molecule has 0 radical (unpaired) electrons. The topological polar surface area (TPSA) is 43.1 Å². The molecule has 1 aromatic carbocycles. The van der Waals surface area contributed by atoms with Crippen molar-refractivity contribution < 1.29 is 13.7 Å². The van der Waals surface area contributed by atoms with Gasteiger partial charge in [-0.3, -0.25) is 10.1 Å². The third-order valence-electron chi connectivity index (χ3n) is 1.69. The Kier molecular flexibility index (Phi) is 2.55.